The van der Waals surface area contributed by atoms with E-state index in [4.69, 9.17) is 0 Å². The Balaban J connectivity index is 2.14. The summed E-state index contributed by atoms with van der Waals surface area (Å²) in [6.07, 6.45) is 2.19. The van der Waals surface area contributed by atoms with E-state index >= 15 is 0 Å². The maximum absolute atomic E-state index is 11.8. The van der Waals surface area contributed by atoms with E-state index in [1.54, 1.807) is 10.2 Å². The number of aromatic nitrogens is 3. The highest BCUT2D eigenvalue weighted by Crippen LogP contribution is 2.14. The second kappa shape index (κ2) is 3.94. The van der Waals surface area contributed by atoms with Crippen molar-refractivity contribution in [2.24, 2.45) is 7.05 Å². The molecule has 0 radical (unpaired) electrons. The van der Waals surface area contributed by atoms with Crippen molar-refractivity contribution in [1.82, 2.24) is 14.8 Å². The van der Waals surface area contributed by atoms with E-state index in [0.29, 0.717) is 6.42 Å². The molecule has 0 bridgehead atoms. The lowest BCUT2D eigenvalue weighted by Gasteiger charge is -1.95. The molecule has 15 heavy (non-hydrogen) atoms. The van der Waals surface area contributed by atoms with Crippen molar-refractivity contribution >= 4 is 17.1 Å². The molecule has 2 aromatic rings. The molecule has 78 valence electrons. The number of aryl methyl sites for hydroxylation is 2. The Labute approximate surface area is 91.6 Å². The number of Topliss-reactive ketones (excluding diaryl/α,β-unsaturated/α-hetero) is 1. The van der Waals surface area contributed by atoms with Crippen molar-refractivity contribution in [2.75, 3.05) is 0 Å². The lowest BCUT2D eigenvalue weighted by atomic mass is 10.2. The van der Waals surface area contributed by atoms with Gasteiger partial charge in [-0.25, -0.2) is 4.98 Å². The van der Waals surface area contributed by atoms with Gasteiger partial charge in [-0.1, -0.05) is 0 Å². The summed E-state index contributed by atoms with van der Waals surface area (Å²) in [5.74, 6) is 0.0914. The Bertz CT molecular complexity index is 486. The molecule has 0 aliphatic carbocycles. The summed E-state index contributed by atoms with van der Waals surface area (Å²) < 4.78 is 1.70. The predicted molar refractivity (Wildman–Crippen MR) is 58.1 cm³/mol. The Morgan fingerprint density at radius 1 is 1.60 bits per heavy atom. The number of nitrogens with zero attached hydrogens (tertiary/aromatic N) is 3. The molecular weight excluding hydrogens is 210 g/mol. The molecule has 0 aliphatic heterocycles. The van der Waals surface area contributed by atoms with Crippen LogP contribution in [0.4, 0.5) is 0 Å². The summed E-state index contributed by atoms with van der Waals surface area (Å²) in [7, 11) is 1.84. The Kier molecular flexibility index (Phi) is 2.64. The molecule has 0 saturated carbocycles. The second-order valence-corrected chi connectivity index (χ2v) is 4.20. The zero-order valence-electron chi connectivity index (χ0n) is 8.60. The van der Waals surface area contributed by atoms with Gasteiger partial charge in [0.2, 0.25) is 0 Å². The van der Waals surface area contributed by atoms with Gasteiger partial charge in [-0.2, -0.15) is 5.10 Å². The van der Waals surface area contributed by atoms with Crippen molar-refractivity contribution in [3.05, 3.63) is 34.0 Å². The number of rotatable bonds is 3. The largest absolute Gasteiger partial charge is 0.293 e. The number of hydrogen-bond donors (Lipinski definition) is 0. The minimum atomic E-state index is 0.0914. The highest BCUT2D eigenvalue weighted by atomic mass is 32.1. The van der Waals surface area contributed by atoms with Crippen LogP contribution in [0.3, 0.4) is 0 Å². The molecule has 2 rings (SSSR count). The third-order valence-electron chi connectivity index (χ3n) is 2.11. The molecule has 0 atom stereocenters. The summed E-state index contributed by atoms with van der Waals surface area (Å²) in [5, 5.41) is 4.17. The normalized spacial score (nSPS) is 10.5. The lowest BCUT2D eigenvalue weighted by Crippen LogP contribution is -2.04. The van der Waals surface area contributed by atoms with Crippen LogP contribution in [-0.4, -0.2) is 20.5 Å². The summed E-state index contributed by atoms with van der Waals surface area (Å²) >= 11 is 1.39. The first-order chi connectivity index (χ1) is 7.16. The number of hydrogen-bond acceptors (Lipinski definition) is 4. The molecule has 0 aliphatic rings. The van der Waals surface area contributed by atoms with Crippen LogP contribution in [0.5, 0.6) is 0 Å². The molecule has 2 aromatic heterocycles. The van der Waals surface area contributed by atoms with Crippen molar-refractivity contribution in [3.8, 4) is 0 Å². The Morgan fingerprint density at radius 3 is 2.93 bits per heavy atom. The molecule has 0 fully saturated rings. The minimum absolute atomic E-state index is 0.0914. The topological polar surface area (TPSA) is 47.8 Å². The molecule has 2 heterocycles. The number of carbonyl (C=O) groups is 1. The Morgan fingerprint density at radius 2 is 2.40 bits per heavy atom. The molecular formula is C10H11N3OS. The smallest absolute Gasteiger partial charge is 0.180 e. The average molecular weight is 221 g/mol. The zero-order chi connectivity index (χ0) is 10.8. The summed E-state index contributed by atoms with van der Waals surface area (Å²) in [5.41, 5.74) is 3.30. The van der Waals surface area contributed by atoms with Gasteiger partial charge in [-0.15, -0.1) is 11.3 Å². The number of carbonyl (C=O) groups excluding carboxylic acids is 1. The summed E-state index contributed by atoms with van der Waals surface area (Å²) in [4.78, 5) is 16.6. The van der Waals surface area contributed by atoms with Crippen LogP contribution in [0.15, 0.2) is 17.8 Å². The summed E-state index contributed by atoms with van der Waals surface area (Å²) in [6.45, 7) is 1.85. The van der Waals surface area contributed by atoms with E-state index in [0.717, 1.165) is 16.3 Å². The highest BCUT2D eigenvalue weighted by Gasteiger charge is 2.13. The van der Waals surface area contributed by atoms with Gasteiger partial charge in [0.1, 0.15) is 0 Å². The molecule has 0 spiro atoms. The quantitative estimate of drug-likeness (QED) is 0.740. The van der Waals surface area contributed by atoms with E-state index in [1.165, 1.54) is 11.3 Å². The first kappa shape index (κ1) is 10.0. The molecule has 0 aromatic carbocycles. The van der Waals surface area contributed by atoms with Crippen LogP contribution in [0.2, 0.25) is 0 Å². The highest BCUT2D eigenvalue weighted by molar-refractivity contribution is 7.11. The van der Waals surface area contributed by atoms with Gasteiger partial charge in [-0.05, 0) is 13.0 Å². The zero-order valence-corrected chi connectivity index (χ0v) is 9.41. The van der Waals surface area contributed by atoms with Gasteiger partial charge < -0.3 is 0 Å². The average Bonchev–Trinajstić information content (AvgIpc) is 2.75. The Hall–Kier alpha value is -1.49. The maximum Gasteiger partial charge on any atom is 0.180 e. The molecule has 0 saturated heterocycles. The van der Waals surface area contributed by atoms with Crippen LogP contribution in [-0.2, 0) is 13.5 Å². The van der Waals surface area contributed by atoms with E-state index in [1.807, 2.05) is 26.2 Å². The van der Waals surface area contributed by atoms with E-state index < -0.39 is 0 Å². The van der Waals surface area contributed by atoms with Crippen LogP contribution in [0.1, 0.15) is 21.1 Å². The minimum Gasteiger partial charge on any atom is -0.293 e. The second-order valence-electron chi connectivity index (χ2n) is 3.35. The fraction of sp³-hybridized carbons (Fsp3) is 0.300. The van der Waals surface area contributed by atoms with Crippen LogP contribution >= 0.6 is 11.3 Å². The van der Waals surface area contributed by atoms with Gasteiger partial charge in [-0.3, -0.25) is 9.48 Å². The van der Waals surface area contributed by atoms with Crippen LogP contribution in [0.25, 0.3) is 0 Å². The third kappa shape index (κ3) is 2.12. The van der Waals surface area contributed by atoms with Gasteiger partial charge >= 0.3 is 0 Å². The van der Waals surface area contributed by atoms with Gasteiger partial charge in [0.15, 0.2) is 5.78 Å². The molecule has 0 unspecified atom stereocenters. The molecule has 5 heteroatoms. The van der Waals surface area contributed by atoms with E-state index in [9.17, 15) is 4.79 Å². The predicted octanol–water partition coefficient (Wildman–Crippen LogP) is 1.61. The van der Waals surface area contributed by atoms with Crippen molar-refractivity contribution < 1.29 is 4.79 Å². The maximum atomic E-state index is 11.8. The first-order valence-electron chi connectivity index (χ1n) is 4.58. The van der Waals surface area contributed by atoms with Gasteiger partial charge in [0.25, 0.3) is 0 Å². The summed E-state index contributed by atoms with van der Waals surface area (Å²) in [6, 6.07) is 1.86. The molecule has 4 nitrogen and oxygen atoms in total. The standard InChI is InChI=1S/C10H11N3OS/c1-7-10(15-6-11-7)9(14)5-8-3-4-13(2)12-8/h3-4,6H,5H2,1-2H3. The van der Waals surface area contributed by atoms with E-state index in [2.05, 4.69) is 10.1 Å². The SMILES string of the molecule is Cc1ncsc1C(=O)Cc1ccn(C)n1. The van der Waals surface area contributed by atoms with Crippen molar-refractivity contribution in [3.63, 3.8) is 0 Å². The fourth-order valence-electron chi connectivity index (χ4n) is 1.37. The molecule has 0 amide bonds. The first-order valence-corrected chi connectivity index (χ1v) is 5.46. The van der Waals surface area contributed by atoms with E-state index in [-0.39, 0.29) is 5.78 Å². The third-order valence-corrected chi connectivity index (χ3v) is 3.08. The monoisotopic (exact) mass is 221 g/mol. The molecule has 0 N–H and O–H groups in total. The van der Waals surface area contributed by atoms with Gasteiger partial charge in [0, 0.05) is 13.2 Å². The fourth-order valence-corrected chi connectivity index (χ4v) is 2.11. The lowest BCUT2D eigenvalue weighted by molar-refractivity contribution is 0.0995. The van der Waals surface area contributed by atoms with Crippen LogP contribution in [0, 0.1) is 6.92 Å². The van der Waals surface area contributed by atoms with Crippen molar-refractivity contribution in [1.29, 1.82) is 0 Å². The van der Waals surface area contributed by atoms with Crippen molar-refractivity contribution in [2.45, 2.75) is 13.3 Å². The van der Waals surface area contributed by atoms with Gasteiger partial charge in [0.05, 0.1) is 28.2 Å². The number of thiazole rings is 1. The van der Waals surface area contributed by atoms with Crippen LogP contribution < -0.4 is 0 Å². The number of ketones is 1.